The molecule has 0 atom stereocenters. The Balaban J connectivity index is 1.87. The number of aromatic nitrogens is 2. The van der Waals surface area contributed by atoms with E-state index in [1.165, 1.54) is 20.3 Å². The highest BCUT2D eigenvalue weighted by atomic mass is 19.2. The monoisotopic (exact) mass is 390 g/mol. The Kier molecular flexibility index (Phi) is 5.53. The topological polar surface area (TPSA) is 68.3 Å². The van der Waals surface area contributed by atoms with Crippen LogP contribution < -0.4 is 20.1 Å². The lowest BCUT2D eigenvalue weighted by atomic mass is 10.2. The van der Waals surface area contributed by atoms with E-state index in [1.54, 1.807) is 25.1 Å². The SMILES string of the molecule is COc1ccc(Nc2cc(Nc3ccc(F)c(F)c3F)nc(C)n2)cc1OC. The maximum Gasteiger partial charge on any atom is 0.196 e. The maximum atomic E-state index is 13.9. The van der Waals surface area contributed by atoms with E-state index in [1.807, 2.05) is 0 Å². The number of methoxy groups -OCH3 is 2. The maximum absolute atomic E-state index is 13.9. The fraction of sp³-hybridized carbons (Fsp3) is 0.158. The van der Waals surface area contributed by atoms with Crippen LogP contribution in [0.5, 0.6) is 11.5 Å². The van der Waals surface area contributed by atoms with Gasteiger partial charge in [0.05, 0.1) is 19.9 Å². The van der Waals surface area contributed by atoms with E-state index < -0.39 is 17.5 Å². The Hall–Kier alpha value is -3.49. The van der Waals surface area contributed by atoms with Crippen molar-refractivity contribution >= 4 is 23.0 Å². The molecule has 9 heteroatoms. The number of nitrogens with one attached hydrogen (secondary N) is 2. The van der Waals surface area contributed by atoms with Crippen LogP contribution in [0, 0.1) is 24.4 Å². The van der Waals surface area contributed by atoms with Crippen molar-refractivity contribution in [1.29, 1.82) is 0 Å². The quantitative estimate of drug-likeness (QED) is 0.595. The summed E-state index contributed by atoms with van der Waals surface area (Å²) in [4.78, 5) is 8.40. The van der Waals surface area contributed by atoms with Crippen LogP contribution in [0.25, 0.3) is 0 Å². The Morgan fingerprint density at radius 3 is 2.14 bits per heavy atom. The van der Waals surface area contributed by atoms with Crippen molar-refractivity contribution in [3.05, 3.63) is 59.7 Å². The third-order valence-electron chi connectivity index (χ3n) is 3.79. The summed E-state index contributed by atoms with van der Waals surface area (Å²) in [5.41, 5.74) is 0.426. The van der Waals surface area contributed by atoms with Gasteiger partial charge in [-0.25, -0.2) is 23.1 Å². The second-order valence-electron chi connectivity index (χ2n) is 5.73. The first-order chi connectivity index (χ1) is 13.4. The first kappa shape index (κ1) is 19.3. The summed E-state index contributed by atoms with van der Waals surface area (Å²) in [5, 5.41) is 5.71. The largest absolute Gasteiger partial charge is 0.493 e. The van der Waals surface area contributed by atoms with Crippen LogP contribution in [0.3, 0.4) is 0 Å². The third kappa shape index (κ3) is 4.08. The molecule has 0 aliphatic heterocycles. The van der Waals surface area contributed by atoms with Crippen LogP contribution in [0.1, 0.15) is 5.82 Å². The zero-order valence-corrected chi connectivity index (χ0v) is 15.3. The van der Waals surface area contributed by atoms with Crippen LogP contribution in [-0.2, 0) is 0 Å². The Morgan fingerprint density at radius 1 is 0.786 bits per heavy atom. The van der Waals surface area contributed by atoms with Gasteiger partial charge in [0, 0.05) is 17.8 Å². The summed E-state index contributed by atoms with van der Waals surface area (Å²) in [6, 6.07) is 8.64. The van der Waals surface area contributed by atoms with Crippen molar-refractivity contribution < 1.29 is 22.6 Å². The molecule has 0 saturated carbocycles. The summed E-state index contributed by atoms with van der Waals surface area (Å²) in [6.45, 7) is 1.65. The van der Waals surface area contributed by atoms with Crippen molar-refractivity contribution in [1.82, 2.24) is 9.97 Å². The molecule has 3 aromatic rings. The Morgan fingerprint density at radius 2 is 1.46 bits per heavy atom. The highest BCUT2D eigenvalue weighted by Crippen LogP contribution is 2.31. The number of benzene rings is 2. The molecule has 3 rings (SSSR count). The molecule has 1 heterocycles. The number of hydrogen-bond donors (Lipinski definition) is 2. The molecule has 2 aromatic carbocycles. The minimum Gasteiger partial charge on any atom is -0.493 e. The predicted octanol–water partition coefficient (Wildman–Crippen LogP) is 4.71. The summed E-state index contributed by atoms with van der Waals surface area (Å²) < 4.78 is 50.8. The Labute approximate surface area is 159 Å². The smallest absolute Gasteiger partial charge is 0.196 e. The Bertz CT molecular complexity index is 1010. The van der Waals surface area contributed by atoms with Crippen LogP contribution in [0.15, 0.2) is 36.4 Å². The number of nitrogens with zero attached hydrogens (tertiary/aromatic N) is 2. The minimum atomic E-state index is -1.56. The zero-order valence-electron chi connectivity index (χ0n) is 15.3. The molecule has 0 fully saturated rings. The molecule has 28 heavy (non-hydrogen) atoms. The van der Waals surface area contributed by atoms with Gasteiger partial charge in [-0.15, -0.1) is 0 Å². The number of anilines is 4. The highest BCUT2D eigenvalue weighted by molar-refractivity contribution is 5.65. The zero-order chi connectivity index (χ0) is 20.3. The van der Waals surface area contributed by atoms with E-state index in [-0.39, 0.29) is 11.5 Å². The summed E-state index contributed by atoms with van der Waals surface area (Å²) >= 11 is 0. The number of hydrogen-bond acceptors (Lipinski definition) is 6. The van der Waals surface area contributed by atoms with Crippen molar-refractivity contribution in [2.45, 2.75) is 6.92 Å². The van der Waals surface area contributed by atoms with Crippen molar-refractivity contribution in [2.24, 2.45) is 0 Å². The molecule has 6 nitrogen and oxygen atoms in total. The van der Waals surface area contributed by atoms with Gasteiger partial charge in [0.15, 0.2) is 29.0 Å². The van der Waals surface area contributed by atoms with E-state index in [0.29, 0.717) is 28.8 Å². The average molecular weight is 390 g/mol. The van der Waals surface area contributed by atoms with E-state index >= 15 is 0 Å². The van der Waals surface area contributed by atoms with Crippen molar-refractivity contribution in [2.75, 3.05) is 24.9 Å². The second kappa shape index (κ2) is 8.03. The first-order valence-electron chi connectivity index (χ1n) is 8.16. The molecule has 0 aliphatic carbocycles. The molecular formula is C19H17F3N4O2. The van der Waals surface area contributed by atoms with Crippen LogP contribution in [0.4, 0.5) is 36.2 Å². The second-order valence-corrected chi connectivity index (χ2v) is 5.73. The molecule has 146 valence electrons. The van der Waals surface area contributed by atoms with E-state index in [0.717, 1.165) is 12.1 Å². The van der Waals surface area contributed by atoms with Gasteiger partial charge in [0.1, 0.15) is 17.5 Å². The molecule has 1 aromatic heterocycles. The number of halogens is 3. The van der Waals surface area contributed by atoms with Crippen LogP contribution >= 0.6 is 0 Å². The standard InChI is InChI=1S/C19H17F3N4O2/c1-10-23-16(25-11-4-7-14(27-2)15(8-11)28-3)9-17(24-10)26-13-6-5-12(20)18(21)19(13)22/h4-9H,1-3H3,(H2,23,24,25,26). The van der Waals surface area contributed by atoms with E-state index in [9.17, 15) is 13.2 Å². The fourth-order valence-corrected chi connectivity index (χ4v) is 2.52. The average Bonchev–Trinajstić information content (AvgIpc) is 2.68. The lowest BCUT2D eigenvalue weighted by molar-refractivity contribution is 0.355. The summed E-state index contributed by atoms with van der Waals surface area (Å²) in [6.07, 6.45) is 0. The number of ether oxygens (including phenoxy) is 2. The van der Waals surface area contributed by atoms with Gasteiger partial charge in [-0.05, 0) is 31.2 Å². The summed E-state index contributed by atoms with van der Waals surface area (Å²) in [7, 11) is 3.06. The van der Waals surface area contributed by atoms with E-state index in [2.05, 4.69) is 20.6 Å². The lowest BCUT2D eigenvalue weighted by Gasteiger charge is -2.13. The molecule has 0 bridgehead atoms. The van der Waals surface area contributed by atoms with Gasteiger partial charge in [-0.2, -0.15) is 0 Å². The van der Waals surface area contributed by atoms with Gasteiger partial charge in [0.25, 0.3) is 0 Å². The fourth-order valence-electron chi connectivity index (χ4n) is 2.52. The molecule has 0 unspecified atom stereocenters. The molecular weight excluding hydrogens is 373 g/mol. The highest BCUT2D eigenvalue weighted by Gasteiger charge is 2.14. The molecule has 2 N–H and O–H groups in total. The van der Waals surface area contributed by atoms with Gasteiger partial charge in [-0.1, -0.05) is 0 Å². The number of rotatable bonds is 6. The number of aryl methyl sites for hydroxylation is 1. The minimum absolute atomic E-state index is 0.209. The molecule has 0 aliphatic rings. The normalized spacial score (nSPS) is 10.5. The lowest BCUT2D eigenvalue weighted by Crippen LogP contribution is -2.04. The molecule has 0 spiro atoms. The van der Waals surface area contributed by atoms with Crippen LogP contribution in [-0.4, -0.2) is 24.2 Å². The van der Waals surface area contributed by atoms with Gasteiger partial charge < -0.3 is 20.1 Å². The summed E-state index contributed by atoms with van der Waals surface area (Å²) in [5.74, 6) is -2.05. The first-order valence-corrected chi connectivity index (χ1v) is 8.16. The van der Waals surface area contributed by atoms with E-state index in [4.69, 9.17) is 9.47 Å². The molecule has 0 radical (unpaired) electrons. The third-order valence-corrected chi connectivity index (χ3v) is 3.79. The van der Waals surface area contributed by atoms with Gasteiger partial charge >= 0.3 is 0 Å². The van der Waals surface area contributed by atoms with Crippen molar-refractivity contribution in [3.8, 4) is 11.5 Å². The van der Waals surface area contributed by atoms with Gasteiger partial charge in [0.2, 0.25) is 0 Å². The molecule has 0 amide bonds. The van der Waals surface area contributed by atoms with Crippen LogP contribution in [0.2, 0.25) is 0 Å². The van der Waals surface area contributed by atoms with Gasteiger partial charge in [-0.3, -0.25) is 0 Å². The van der Waals surface area contributed by atoms with Crippen molar-refractivity contribution in [3.63, 3.8) is 0 Å². The molecule has 0 saturated heterocycles. The predicted molar refractivity (Wildman–Crippen MR) is 99.2 cm³/mol.